The van der Waals surface area contributed by atoms with Gasteiger partial charge in [0.2, 0.25) is 0 Å². The van der Waals surface area contributed by atoms with Crippen LogP contribution in [0.1, 0.15) is 25.3 Å². The molecule has 1 aliphatic heterocycles. The quantitative estimate of drug-likeness (QED) is 0.844. The fraction of sp³-hybridized carbons (Fsp3) is 0.583. The summed E-state index contributed by atoms with van der Waals surface area (Å²) in [6, 6.07) is 4.07. The zero-order chi connectivity index (χ0) is 12.1. The molecule has 1 aromatic rings. The van der Waals surface area contributed by atoms with E-state index in [1.54, 1.807) is 6.07 Å². The first-order valence-corrected chi connectivity index (χ1v) is 6.00. The molecule has 0 saturated carbocycles. The molecule has 0 spiro atoms. The minimum absolute atomic E-state index is 0.275. The third-order valence-corrected chi connectivity index (χ3v) is 2.96. The van der Waals surface area contributed by atoms with E-state index in [4.69, 9.17) is 5.26 Å². The van der Waals surface area contributed by atoms with Crippen molar-refractivity contribution in [3.63, 3.8) is 0 Å². The van der Waals surface area contributed by atoms with E-state index in [0.29, 0.717) is 11.4 Å². The van der Waals surface area contributed by atoms with E-state index in [9.17, 15) is 0 Å². The Labute approximate surface area is 101 Å². The molecule has 5 nitrogen and oxygen atoms in total. The summed E-state index contributed by atoms with van der Waals surface area (Å²) in [7, 11) is 0. The van der Waals surface area contributed by atoms with Crippen molar-refractivity contribution in [2.75, 3.05) is 25.0 Å². The average molecular weight is 231 g/mol. The Morgan fingerprint density at radius 1 is 1.53 bits per heavy atom. The van der Waals surface area contributed by atoms with Gasteiger partial charge in [-0.25, -0.2) is 0 Å². The first kappa shape index (κ1) is 11.8. The largest absolute Gasteiger partial charge is 0.364 e. The summed E-state index contributed by atoms with van der Waals surface area (Å²) in [5, 5.41) is 20.0. The van der Waals surface area contributed by atoms with Crippen LogP contribution in [0.5, 0.6) is 0 Å². The lowest BCUT2D eigenvalue weighted by Crippen LogP contribution is -2.33. The Hall–Kier alpha value is -1.67. The lowest BCUT2D eigenvalue weighted by Gasteiger charge is -2.21. The maximum Gasteiger partial charge on any atom is 0.166 e. The molecule has 1 fully saturated rings. The molecule has 1 unspecified atom stereocenters. The third kappa shape index (κ3) is 3.14. The predicted octanol–water partition coefficient (Wildman–Crippen LogP) is 1.24. The molecule has 0 aromatic carbocycles. The van der Waals surface area contributed by atoms with Gasteiger partial charge in [-0.2, -0.15) is 10.4 Å². The molecule has 1 saturated heterocycles. The van der Waals surface area contributed by atoms with Crippen LogP contribution in [0.25, 0.3) is 0 Å². The highest BCUT2D eigenvalue weighted by atomic mass is 15.2. The van der Waals surface area contributed by atoms with E-state index in [1.165, 1.54) is 32.1 Å². The van der Waals surface area contributed by atoms with Crippen LogP contribution in [-0.2, 0) is 0 Å². The summed E-state index contributed by atoms with van der Waals surface area (Å²) in [4.78, 5) is 2.43. The molecule has 1 N–H and O–H groups in total. The van der Waals surface area contributed by atoms with Crippen molar-refractivity contribution in [2.45, 2.75) is 25.8 Å². The molecule has 1 atom stereocenters. The lowest BCUT2D eigenvalue weighted by atomic mass is 10.2. The van der Waals surface area contributed by atoms with Gasteiger partial charge in [-0.15, -0.1) is 5.10 Å². The Balaban J connectivity index is 1.93. The molecule has 2 rings (SSSR count). The number of likely N-dealkylation sites (tertiary alicyclic amines) is 1. The normalized spacial score (nSPS) is 17.6. The summed E-state index contributed by atoms with van der Waals surface area (Å²) in [6.45, 7) is 5.45. The average Bonchev–Trinajstić information content (AvgIpc) is 2.82. The van der Waals surface area contributed by atoms with Crippen LogP contribution in [0.15, 0.2) is 12.3 Å². The third-order valence-electron chi connectivity index (χ3n) is 2.96. The SMILES string of the molecule is CC(CN1CCCC1)Nc1nnccc1C#N. The van der Waals surface area contributed by atoms with Crippen molar-refractivity contribution in [3.8, 4) is 6.07 Å². The minimum atomic E-state index is 0.275. The summed E-state index contributed by atoms with van der Waals surface area (Å²) in [5.41, 5.74) is 0.549. The van der Waals surface area contributed by atoms with E-state index in [2.05, 4.69) is 33.4 Å². The van der Waals surface area contributed by atoms with E-state index in [-0.39, 0.29) is 6.04 Å². The fourth-order valence-corrected chi connectivity index (χ4v) is 2.16. The van der Waals surface area contributed by atoms with Crippen molar-refractivity contribution in [2.24, 2.45) is 0 Å². The number of anilines is 1. The summed E-state index contributed by atoms with van der Waals surface area (Å²) in [5.74, 6) is 0.585. The minimum Gasteiger partial charge on any atom is -0.364 e. The Morgan fingerprint density at radius 3 is 3.00 bits per heavy atom. The maximum absolute atomic E-state index is 8.95. The van der Waals surface area contributed by atoms with Gasteiger partial charge < -0.3 is 10.2 Å². The summed E-state index contributed by atoms with van der Waals surface area (Å²) >= 11 is 0. The molecule has 0 radical (unpaired) electrons. The molecule has 90 valence electrons. The second-order valence-electron chi connectivity index (χ2n) is 4.46. The molecule has 0 amide bonds. The topological polar surface area (TPSA) is 64.8 Å². The fourth-order valence-electron chi connectivity index (χ4n) is 2.16. The Bertz CT molecular complexity index is 406. The first-order chi connectivity index (χ1) is 8.29. The number of hydrogen-bond acceptors (Lipinski definition) is 5. The standard InChI is InChI=1S/C12H17N5/c1-10(9-17-6-2-3-7-17)15-12-11(8-13)4-5-14-16-12/h4-5,10H,2-3,6-7,9H2,1H3,(H,15,16). The van der Waals surface area contributed by atoms with E-state index >= 15 is 0 Å². The second-order valence-corrected chi connectivity index (χ2v) is 4.46. The Kier molecular flexibility index (Phi) is 3.89. The smallest absolute Gasteiger partial charge is 0.166 e. The van der Waals surface area contributed by atoms with Gasteiger partial charge >= 0.3 is 0 Å². The van der Waals surface area contributed by atoms with E-state index < -0.39 is 0 Å². The highest BCUT2D eigenvalue weighted by molar-refractivity contribution is 5.50. The van der Waals surface area contributed by atoms with Gasteiger partial charge in [-0.05, 0) is 38.9 Å². The Morgan fingerprint density at radius 2 is 2.29 bits per heavy atom. The van der Waals surface area contributed by atoms with Crippen LogP contribution in [0.3, 0.4) is 0 Å². The molecule has 5 heteroatoms. The van der Waals surface area contributed by atoms with Gasteiger partial charge in [0, 0.05) is 12.6 Å². The zero-order valence-corrected chi connectivity index (χ0v) is 10.1. The van der Waals surface area contributed by atoms with Crippen LogP contribution in [0.2, 0.25) is 0 Å². The van der Waals surface area contributed by atoms with Gasteiger partial charge in [-0.3, -0.25) is 0 Å². The van der Waals surface area contributed by atoms with E-state index in [1.807, 2.05) is 0 Å². The van der Waals surface area contributed by atoms with Crippen molar-refractivity contribution < 1.29 is 0 Å². The number of nitrogens with one attached hydrogen (secondary N) is 1. The van der Waals surface area contributed by atoms with Crippen molar-refractivity contribution in [1.82, 2.24) is 15.1 Å². The number of nitriles is 1. The molecular formula is C12H17N5. The molecular weight excluding hydrogens is 214 g/mol. The number of aromatic nitrogens is 2. The second kappa shape index (κ2) is 5.60. The molecule has 2 heterocycles. The highest BCUT2D eigenvalue weighted by Crippen LogP contribution is 2.12. The predicted molar refractivity (Wildman–Crippen MR) is 65.5 cm³/mol. The van der Waals surface area contributed by atoms with Gasteiger partial charge in [0.1, 0.15) is 6.07 Å². The van der Waals surface area contributed by atoms with Crippen LogP contribution in [0.4, 0.5) is 5.82 Å². The van der Waals surface area contributed by atoms with Crippen LogP contribution < -0.4 is 5.32 Å². The van der Waals surface area contributed by atoms with Crippen LogP contribution in [0, 0.1) is 11.3 Å². The van der Waals surface area contributed by atoms with Crippen molar-refractivity contribution >= 4 is 5.82 Å². The van der Waals surface area contributed by atoms with Gasteiger partial charge in [0.05, 0.1) is 11.8 Å². The molecule has 1 aromatic heterocycles. The van der Waals surface area contributed by atoms with Crippen LogP contribution in [-0.4, -0.2) is 40.8 Å². The van der Waals surface area contributed by atoms with Crippen molar-refractivity contribution in [3.05, 3.63) is 17.8 Å². The zero-order valence-electron chi connectivity index (χ0n) is 10.1. The molecule has 0 bridgehead atoms. The number of rotatable bonds is 4. The lowest BCUT2D eigenvalue weighted by molar-refractivity contribution is 0.327. The number of hydrogen-bond donors (Lipinski definition) is 1. The summed E-state index contributed by atoms with van der Waals surface area (Å²) in [6.07, 6.45) is 4.12. The van der Waals surface area contributed by atoms with Crippen LogP contribution >= 0.6 is 0 Å². The van der Waals surface area contributed by atoms with E-state index in [0.717, 1.165) is 6.54 Å². The molecule has 0 aliphatic carbocycles. The van der Waals surface area contributed by atoms with Crippen molar-refractivity contribution in [1.29, 1.82) is 5.26 Å². The highest BCUT2D eigenvalue weighted by Gasteiger charge is 2.15. The monoisotopic (exact) mass is 231 g/mol. The van der Waals surface area contributed by atoms with Gasteiger partial charge in [-0.1, -0.05) is 0 Å². The first-order valence-electron chi connectivity index (χ1n) is 6.00. The number of nitrogens with zero attached hydrogens (tertiary/aromatic N) is 4. The molecule has 1 aliphatic rings. The molecule has 17 heavy (non-hydrogen) atoms. The van der Waals surface area contributed by atoms with Gasteiger partial charge in [0.15, 0.2) is 5.82 Å². The maximum atomic E-state index is 8.95. The van der Waals surface area contributed by atoms with Gasteiger partial charge in [0.25, 0.3) is 0 Å². The summed E-state index contributed by atoms with van der Waals surface area (Å²) < 4.78 is 0.